The second kappa shape index (κ2) is 20.0. The fraction of sp³-hybridized carbons (Fsp3) is 0.750. The first-order valence-corrected chi connectivity index (χ1v) is 10.4. The monoisotopic (exact) mass is 478 g/mol. The van der Waals surface area contributed by atoms with E-state index in [1.54, 1.807) is 0 Å². The Labute approximate surface area is 192 Å². The Kier molecular flexibility index (Phi) is 18.4. The lowest BCUT2D eigenvalue weighted by Gasteiger charge is -2.16. The number of carbonyl (C=O) groups excluding carboxylic acids is 4. The van der Waals surface area contributed by atoms with E-state index in [2.05, 4.69) is 10.6 Å². The Morgan fingerprint density at radius 3 is 1.88 bits per heavy atom. The second-order valence-corrected chi connectivity index (χ2v) is 6.80. The lowest BCUT2D eigenvalue weighted by Crippen LogP contribution is -2.43. The first kappa shape index (κ1) is 30.4. The molecule has 0 fully saturated rings. The van der Waals surface area contributed by atoms with Gasteiger partial charge in [-0.15, -0.1) is 0 Å². The minimum absolute atomic E-state index is 0.0169. The molecule has 0 aromatic carbocycles. The normalized spacial score (nSPS) is 11.5. The van der Waals surface area contributed by atoms with Crippen LogP contribution >= 0.6 is 0 Å². The van der Waals surface area contributed by atoms with E-state index in [1.807, 2.05) is 0 Å². The molecule has 0 bridgehead atoms. The lowest BCUT2D eigenvalue weighted by molar-refractivity contribution is -0.146. The molecule has 0 aromatic rings. The number of hydrogen-bond acceptors (Lipinski definition) is 10. The Hall–Kier alpha value is -2.61. The van der Waals surface area contributed by atoms with Gasteiger partial charge in [0.2, 0.25) is 11.8 Å². The van der Waals surface area contributed by atoms with E-state index in [4.69, 9.17) is 28.8 Å². The van der Waals surface area contributed by atoms with Gasteiger partial charge < -0.3 is 39.4 Å². The van der Waals surface area contributed by atoms with Crippen molar-refractivity contribution in [3.8, 4) is 0 Å². The molecule has 13 nitrogen and oxygen atoms in total. The number of amides is 2. The molecule has 0 aliphatic carbocycles. The van der Waals surface area contributed by atoms with Crippen LogP contribution in [0.4, 0.5) is 0 Å². The Bertz CT molecular complexity index is 613. The van der Waals surface area contributed by atoms with Crippen molar-refractivity contribution in [3.63, 3.8) is 0 Å². The topological polar surface area (TPSA) is 176 Å². The van der Waals surface area contributed by atoms with Crippen LogP contribution in [-0.2, 0) is 47.7 Å². The molecular formula is C20H34N2O11. The highest BCUT2D eigenvalue weighted by atomic mass is 16.5. The summed E-state index contributed by atoms with van der Waals surface area (Å²) in [5, 5.41) is 13.6. The van der Waals surface area contributed by atoms with Crippen LogP contribution in [0.2, 0.25) is 0 Å². The minimum Gasteiger partial charge on any atom is -0.480 e. The number of aliphatic carboxylic acids is 1. The maximum absolute atomic E-state index is 11.9. The smallest absolute Gasteiger partial charge is 0.329 e. The van der Waals surface area contributed by atoms with E-state index in [1.165, 1.54) is 14.0 Å². The summed E-state index contributed by atoms with van der Waals surface area (Å²) in [7, 11) is 1.22. The van der Waals surface area contributed by atoms with Gasteiger partial charge in [0.15, 0.2) is 5.78 Å². The molecule has 0 aromatic heterocycles. The summed E-state index contributed by atoms with van der Waals surface area (Å²) in [6.07, 6.45) is 1.40. The third-order valence-corrected chi connectivity index (χ3v) is 3.80. The van der Waals surface area contributed by atoms with Gasteiger partial charge >= 0.3 is 11.9 Å². The van der Waals surface area contributed by atoms with Crippen LogP contribution in [-0.4, -0.2) is 107 Å². The highest BCUT2D eigenvalue weighted by molar-refractivity contribution is 5.85. The van der Waals surface area contributed by atoms with Crippen LogP contribution in [0, 0.1) is 0 Å². The van der Waals surface area contributed by atoms with Crippen molar-refractivity contribution in [1.29, 1.82) is 0 Å². The molecule has 1 atom stereocenters. The van der Waals surface area contributed by atoms with E-state index in [0.29, 0.717) is 25.8 Å². The van der Waals surface area contributed by atoms with Crippen molar-refractivity contribution in [2.45, 2.75) is 32.2 Å². The molecule has 33 heavy (non-hydrogen) atoms. The molecule has 3 N–H and O–H groups in total. The molecule has 0 saturated heterocycles. The van der Waals surface area contributed by atoms with Crippen molar-refractivity contribution in [2.24, 2.45) is 0 Å². The summed E-state index contributed by atoms with van der Waals surface area (Å²) in [6, 6.07) is -0.843. The number of ether oxygens (including phenoxy) is 5. The molecule has 2 amide bonds. The molecule has 0 unspecified atom stereocenters. The average molecular weight is 478 g/mol. The van der Waals surface area contributed by atoms with E-state index in [0.717, 1.165) is 0 Å². The fourth-order valence-electron chi connectivity index (χ4n) is 2.32. The largest absolute Gasteiger partial charge is 0.480 e. The summed E-state index contributed by atoms with van der Waals surface area (Å²) in [6.45, 7) is 1.31. The lowest BCUT2D eigenvalue weighted by atomic mass is 10.1. The number of ketones is 1. The zero-order valence-corrected chi connectivity index (χ0v) is 19.1. The van der Waals surface area contributed by atoms with Gasteiger partial charge in [-0.1, -0.05) is 0 Å². The summed E-state index contributed by atoms with van der Waals surface area (Å²) < 4.78 is 24.7. The maximum atomic E-state index is 11.9. The van der Waals surface area contributed by atoms with E-state index in [-0.39, 0.29) is 57.9 Å². The van der Waals surface area contributed by atoms with Gasteiger partial charge in [0, 0.05) is 6.54 Å². The maximum Gasteiger partial charge on any atom is 0.329 e. The highest BCUT2D eigenvalue weighted by Crippen LogP contribution is 2.03. The van der Waals surface area contributed by atoms with Gasteiger partial charge in [-0.05, 0) is 26.2 Å². The first-order valence-electron chi connectivity index (χ1n) is 10.4. The third-order valence-electron chi connectivity index (χ3n) is 3.80. The van der Waals surface area contributed by atoms with Crippen LogP contribution in [0.1, 0.15) is 26.2 Å². The van der Waals surface area contributed by atoms with Crippen molar-refractivity contribution in [2.75, 3.05) is 66.5 Å². The minimum atomic E-state index is -1.08. The number of esters is 1. The summed E-state index contributed by atoms with van der Waals surface area (Å²) >= 11 is 0. The molecule has 0 saturated carbocycles. The van der Waals surface area contributed by atoms with Crippen LogP contribution in [0.25, 0.3) is 0 Å². The van der Waals surface area contributed by atoms with Gasteiger partial charge in [-0.25, -0.2) is 9.59 Å². The van der Waals surface area contributed by atoms with Crippen LogP contribution in [0.3, 0.4) is 0 Å². The van der Waals surface area contributed by atoms with Crippen molar-refractivity contribution >= 4 is 29.5 Å². The number of methoxy groups -OCH3 is 1. The molecule has 0 aliphatic rings. The van der Waals surface area contributed by atoms with E-state index in [9.17, 15) is 24.0 Å². The number of Topliss-reactive ketones (excluding diaryl/α,β-unsaturated/α-hetero) is 1. The molecule has 0 rings (SSSR count). The van der Waals surface area contributed by atoms with E-state index < -0.39 is 30.5 Å². The second-order valence-electron chi connectivity index (χ2n) is 6.80. The fourth-order valence-corrected chi connectivity index (χ4v) is 2.32. The van der Waals surface area contributed by atoms with Gasteiger partial charge in [0.25, 0.3) is 0 Å². The molecule has 0 radical (unpaired) electrons. The number of nitrogens with one attached hydrogen (secondary N) is 2. The van der Waals surface area contributed by atoms with Crippen LogP contribution < -0.4 is 10.6 Å². The molecule has 0 spiro atoms. The van der Waals surface area contributed by atoms with Crippen molar-refractivity contribution < 1.29 is 52.8 Å². The van der Waals surface area contributed by atoms with E-state index >= 15 is 0 Å². The average Bonchev–Trinajstić information content (AvgIpc) is 2.76. The Balaban J connectivity index is 3.93. The zero-order valence-electron chi connectivity index (χ0n) is 19.1. The molecule has 0 heterocycles. The Morgan fingerprint density at radius 1 is 0.788 bits per heavy atom. The number of carbonyl (C=O) groups is 5. The number of carboxylic acid groups (broad SMARTS) is 1. The summed E-state index contributed by atoms with van der Waals surface area (Å²) in [5.41, 5.74) is 0. The predicted octanol–water partition coefficient (Wildman–Crippen LogP) is -1.33. The number of hydrogen-bond donors (Lipinski definition) is 3. The van der Waals surface area contributed by atoms with Crippen LogP contribution in [0.5, 0.6) is 0 Å². The molecule has 190 valence electrons. The van der Waals surface area contributed by atoms with Gasteiger partial charge in [-0.2, -0.15) is 0 Å². The number of unbranched alkanes of at least 4 members (excludes halogenated alkanes) is 1. The molecule has 0 aliphatic heterocycles. The zero-order chi connectivity index (χ0) is 24.9. The van der Waals surface area contributed by atoms with Gasteiger partial charge in [0.05, 0.1) is 33.5 Å². The van der Waals surface area contributed by atoms with Crippen LogP contribution in [0.15, 0.2) is 0 Å². The van der Waals surface area contributed by atoms with Crippen molar-refractivity contribution in [1.82, 2.24) is 10.6 Å². The first-order chi connectivity index (χ1) is 15.8. The number of carboxylic acids is 1. The Morgan fingerprint density at radius 2 is 1.33 bits per heavy atom. The predicted molar refractivity (Wildman–Crippen MR) is 112 cm³/mol. The van der Waals surface area contributed by atoms with Gasteiger partial charge in [-0.3, -0.25) is 14.4 Å². The quantitative estimate of drug-likeness (QED) is 0.132. The summed E-state index contributed by atoms with van der Waals surface area (Å²) in [5.74, 6) is -2.61. The van der Waals surface area contributed by atoms with Gasteiger partial charge in [0.1, 0.15) is 32.5 Å². The summed E-state index contributed by atoms with van der Waals surface area (Å²) in [4.78, 5) is 56.4. The SMILES string of the molecule is COC(=O)[C@H](CCCCNC(=O)COCCOCC(=O)O)NC(=O)COCCOCC(C)=O. The highest BCUT2D eigenvalue weighted by Gasteiger charge is 2.21. The number of rotatable bonds is 21. The third kappa shape index (κ3) is 19.8. The molecule has 13 heteroatoms. The standard InChI is InChI=1S/C20H34N2O11/c1-15(23)11-30-7-8-32-13-18(25)22-16(20(28)29-2)5-3-4-6-21-17(24)12-31-9-10-33-14-19(26)27/h16H,3-14H2,1-2H3,(H,21,24)(H,22,25)(H,26,27)/t16-/m0/s1. The molecular weight excluding hydrogens is 444 g/mol. The van der Waals surface area contributed by atoms with Crippen molar-refractivity contribution in [3.05, 3.63) is 0 Å².